The predicted octanol–water partition coefficient (Wildman–Crippen LogP) is 3.03. The molecule has 2 aromatic carbocycles. The molecular formula is C21H22N4O3S. The number of H-pyrrole nitrogens is 1. The Kier molecular flexibility index (Phi) is 6.26. The van der Waals surface area contributed by atoms with E-state index in [2.05, 4.69) is 26.6 Å². The number of hydrogen-bond donors (Lipinski definition) is 3. The molecule has 1 atom stereocenters. The van der Waals surface area contributed by atoms with Crippen LogP contribution in [0, 0.1) is 0 Å². The first-order valence-electron chi connectivity index (χ1n) is 9.02. The highest BCUT2D eigenvalue weighted by Gasteiger charge is 2.17. The van der Waals surface area contributed by atoms with Crippen LogP contribution in [0.3, 0.4) is 0 Å². The van der Waals surface area contributed by atoms with Crippen molar-refractivity contribution in [2.24, 2.45) is 0 Å². The van der Waals surface area contributed by atoms with Gasteiger partial charge in [0.15, 0.2) is 0 Å². The maximum absolute atomic E-state index is 12.5. The Morgan fingerprint density at radius 3 is 2.52 bits per heavy atom. The van der Waals surface area contributed by atoms with E-state index in [0.717, 1.165) is 11.3 Å². The molecule has 0 aliphatic rings. The number of amides is 1. The van der Waals surface area contributed by atoms with Crippen molar-refractivity contribution < 1.29 is 13.2 Å². The van der Waals surface area contributed by atoms with Gasteiger partial charge in [-0.05, 0) is 36.8 Å². The number of rotatable bonds is 8. The van der Waals surface area contributed by atoms with Gasteiger partial charge in [0, 0.05) is 12.1 Å². The third kappa shape index (κ3) is 4.98. The zero-order valence-corrected chi connectivity index (χ0v) is 16.7. The zero-order valence-electron chi connectivity index (χ0n) is 15.9. The second-order valence-electron chi connectivity index (χ2n) is 6.41. The minimum absolute atomic E-state index is 0.0856. The van der Waals surface area contributed by atoms with Crippen LogP contribution in [-0.2, 0) is 10.0 Å². The molecule has 3 N–H and O–H groups in total. The Morgan fingerprint density at radius 1 is 1.17 bits per heavy atom. The molecule has 29 heavy (non-hydrogen) atoms. The molecule has 0 fully saturated rings. The molecule has 1 unspecified atom stereocenters. The summed E-state index contributed by atoms with van der Waals surface area (Å²) in [6, 6.07) is 15.2. The lowest BCUT2D eigenvalue weighted by atomic mass is 10.2. The molecule has 7 nitrogen and oxygen atoms in total. The van der Waals surface area contributed by atoms with E-state index in [1.54, 1.807) is 6.20 Å². The molecule has 0 aliphatic carbocycles. The molecule has 8 heteroatoms. The number of carbonyl (C=O) groups is 1. The van der Waals surface area contributed by atoms with Gasteiger partial charge in [-0.1, -0.05) is 36.4 Å². The highest BCUT2D eigenvalue weighted by atomic mass is 32.2. The summed E-state index contributed by atoms with van der Waals surface area (Å²) in [6.07, 6.45) is 3.18. The van der Waals surface area contributed by atoms with Crippen molar-refractivity contribution in [1.29, 1.82) is 0 Å². The van der Waals surface area contributed by atoms with Crippen LogP contribution in [0.15, 0.2) is 78.3 Å². The van der Waals surface area contributed by atoms with Crippen molar-refractivity contribution in [2.75, 3.05) is 6.54 Å². The van der Waals surface area contributed by atoms with Gasteiger partial charge in [-0.2, -0.15) is 0 Å². The Morgan fingerprint density at radius 2 is 1.86 bits per heavy atom. The molecule has 0 saturated carbocycles. The quantitative estimate of drug-likeness (QED) is 0.497. The molecule has 1 heterocycles. The van der Waals surface area contributed by atoms with Crippen molar-refractivity contribution in [1.82, 2.24) is 20.0 Å². The van der Waals surface area contributed by atoms with Gasteiger partial charge in [-0.25, -0.2) is 18.1 Å². The van der Waals surface area contributed by atoms with E-state index in [1.165, 1.54) is 30.3 Å². The molecule has 3 rings (SSSR count). The number of aromatic nitrogens is 2. The van der Waals surface area contributed by atoms with E-state index in [-0.39, 0.29) is 23.4 Å². The van der Waals surface area contributed by atoms with Gasteiger partial charge in [-0.3, -0.25) is 4.79 Å². The Bertz CT molecular complexity index is 1090. The summed E-state index contributed by atoms with van der Waals surface area (Å²) in [5.41, 5.74) is 2.23. The number of sulfonamides is 1. The van der Waals surface area contributed by atoms with Gasteiger partial charge in [0.2, 0.25) is 10.0 Å². The van der Waals surface area contributed by atoms with Crippen LogP contribution >= 0.6 is 0 Å². The fraction of sp³-hybridized carbons (Fsp3) is 0.143. The van der Waals surface area contributed by atoms with E-state index in [4.69, 9.17) is 0 Å². The van der Waals surface area contributed by atoms with Gasteiger partial charge in [0.25, 0.3) is 5.91 Å². The van der Waals surface area contributed by atoms with E-state index in [9.17, 15) is 13.2 Å². The molecule has 1 amide bonds. The lowest BCUT2D eigenvalue weighted by molar-refractivity contribution is 0.0938. The van der Waals surface area contributed by atoms with Crippen LogP contribution in [0.2, 0.25) is 0 Å². The van der Waals surface area contributed by atoms with Crippen molar-refractivity contribution in [2.45, 2.75) is 17.9 Å². The second-order valence-corrected chi connectivity index (χ2v) is 8.18. The topological polar surface area (TPSA) is 104 Å². The SMILES string of the molecule is C=CCNS(=O)(=O)c1ccc(C(=O)NC(C)c2ncc(-c3ccccc3)[nH]2)cc1. The molecule has 1 aromatic heterocycles. The lowest BCUT2D eigenvalue weighted by Crippen LogP contribution is -2.27. The fourth-order valence-corrected chi connectivity index (χ4v) is 3.71. The minimum Gasteiger partial charge on any atom is -0.342 e. The van der Waals surface area contributed by atoms with Gasteiger partial charge < -0.3 is 10.3 Å². The average molecular weight is 410 g/mol. The number of nitrogens with one attached hydrogen (secondary N) is 3. The van der Waals surface area contributed by atoms with Gasteiger partial charge in [-0.15, -0.1) is 6.58 Å². The molecule has 0 saturated heterocycles. The van der Waals surface area contributed by atoms with E-state index in [1.807, 2.05) is 37.3 Å². The molecular weight excluding hydrogens is 388 g/mol. The highest BCUT2D eigenvalue weighted by molar-refractivity contribution is 7.89. The van der Waals surface area contributed by atoms with Gasteiger partial charge in [0.05, 0.1) is 22.8 Å². The minimum atomic E-state index is -3.62. The number of hydrogen-bond acceptors (Lipinski definition) is 4. The van der Waals surface area contributed by atoms with Crippen molar-refractivity contribution in [3.8, 4) is 11.3 Å². The summed E-state index contributed by atoms with van der Waals surface area (Å²) in [4.78, 5) is 20.2. The first-order valence-corrected chi connectivity index (χ1v) is 10.5. The summed E-state index contributed by atoms with van der Waals surface area (Å²) in [7, 11) is -3.62. The van der Waals surface area contributed by atoms with Crippen molar-refractivity contribution in [3.63, 3.8) is 0 Å². The van der Waals surface area contributed by atoms with Crippen molar-refractivity contribution in [3.05, 3.63) is 84.8 Å². The Labute approximate surface area is 169 Å². The highest BCUT2D eigenvalue weighted by Crippen LogP contribution is 2.19. The lowest BCUT2D eigenvalue weighted by Gasteiger charge is -2.12. The van der Waals surface area contributed by atoms with E-state index in [0.29, 0.717) is 11.4 Å². The van der Waals surface area contributed by atoms with E-state index < -0.39 is 10.0 Å². The molecule has 0 aliphatic heterocycles. The van der Waals surface area contributed by atoms with E-state index >= 15 is 0 Å². The second kappa shape index (κ2) is 8.85. The van der Waals surface area contributed by atoms with Crippen LogP contribution in [0.25, 0.3) is 11.3 Å². The van der Waals surface area contributed by atoms with Crippen LogP contribution in [-0.4, -0.2) is 30.8 Å². The van der Waals surface area contributed by atoms with Crippen LogP contribution in [0.1, 0.15) is 29.1 Å². The smallest absolute Gasteiger partial charge is 0.251 e. The largest absolute Gasteiger partial charge is 0.342 e. The van der Waals surface area contributed by atoms with Crippen LogP contribution < -0.4 is 10.0 Å². The fourth-order valence-electron chi connectivity index (χ4n) is 2.71. The molecule has 0 radical (unpaired) electrons. The standard InChI is InChI=1S/C21H22N4O3S/c1-3-13-23-29(27,28)18-11-9-17(10-12-18)21(26)24-15(2)20-22-14-19(25-20)16-7-5-4-6-8-16/h3-12,14-15,23H,1,13H2,2H3,(H,22,25)(H,24,26). The Balaban J connectivity index is 1.67. The number of carbonyl (C=O) groups excluding carboxylic acids is 1. The molecule has 0 bridgehead atoms. The summed E-state index contributed by atoms with van der Waals surface area (Å²) in [5, 5.41) is 2.86. The van der Waals surface area contributed by atoms with Crippen molar-refractivity contribution >= 4 is 15.9 Å². The summed E-state index contributed by atoms with van der Waals surface area (Å²) in [6.45, 7) is 5.44. The number of nitrogens with zero attached hydrogens (tertiary/aromatic N) is 1. The maximum atomic E-state index is 12.5. The summed E-state index contributed by atoms with van der Waals surface area (Å²) < 4.78 is 26.5. The third-order valence-electron chi connectivity index (χ3n) is 4.28. The third-order valence-corrected chi connectivity index (χ3v) is 5.72. The van der Waals surface area contributed by atoms with Crippen LogP contribution in [0.4, 0.5) is 0 Å². The zero-order chi connectivity index (χ0) is 20.9. The summed E-state index contributed by atoms with van der Waals surface area (Å²) >= 11 is 0. The molecule has 3 aromatic rings. The molecule has 0 spiro atoms. The molecule has 150 valence electrons. The number of benzene rings is 2. The van der Waals surface area contributed by atoms with Gasteiger partial charge in [0.1, 0.15) is 5.82 Å². The monoisotopic (exact) mass is 410 g/mol. The van der Waals surface area contributed by atoms with Gasteiger partial charge >= 0.3 is 0 Å². The predicted molar refractivity (Wildman–Crippen MR) is 112 cm³/mol. The Hall–Kier alpha value is -3.23. The first kappa shape index (κ1) is 20.5. The number of imidazole rings is 1. The average Bonchev–Trinajstić information content (AvgIpc) is 3.23. The first-order chi connectivity index (χ1) is 13.9. The number of aromatic amines is 1. The summed E-state index contributed by atoms with van der Waals surface area (Å²) in [5.74, 6) is 0.309. The van der Waals surface area contributed by atoms with Crippen LogP contribution in [0.5, 0.6) is 0 Å². The maximum Gasteiger partial charge on any atom is 0.251 e. The normalized spacial score (nSPS) is 12.3.